The second-order valence-corrected chi connectivity index (χ2v) is 5.83. The van der Waals surface area contributed by atoms with Gasteiger partial charge in [-0.15, -0.1) is 11.6 Å². The second kappa shape index (κ2) is 6.02. The van der Waals surface area contributed by atoms with Crippen molar-refractivity contribution in [1.29, 1.82) is 0 Å². The minimum atomic E-state index is -4.57. The summed E-state index contributed by atoms with van der Waals surface area (Å²) >= 11 is 10.6. The third kappa shape index (κ3) is 4.10. The zero-order valence-electron chi connectivity index (χ0n) is 10.6. The molecule has 2 atom stereocenters. The van der Waals surface area contributed by atoms with Gasteiger partial charge in [0, 0.05) is 11.8 Å². The highest BCUT2D eigenvalue weighted by Crippen LogP contribution is 2.60. The van der Waals surface area contributed by atoms with Crippen LogP contribution in [0.5, 0.6) is 0 Å². The summed E-state index contributed by atoms with van der Waals surface area (Å²) < 4.78 is 42.0. The monoisotopic (exact) mass is 318 g/mol. The first-order chi connectivity index (χ1) is 8.62. The fourth-order valence-corrected chi connectivity index (χ4v) is 2.42. The maximum atomic E-state index is 12.3. The lowest BCUT2D eigenvalue weighted by atomic mass is 10.1. The maximum Gasteiger partial charge on any atom is 0.426 e. The van der Waals surface area contributed by atoms with Gasteiger partial charge in [-0.2, -0.15) is 13.2 Å². The fourth-order valence-electron chi connectivity index (χ4n) is 2.17. The van der Waals surface area contributed by atoms with E-state index in [0.29, 0.717) is 0 Å². The standard InChI is InChI=1S/C12H15Cl2F3O2/c1-11(2)7(5-9(14)12(15,16)17)10(11)8(18)6-19-4-3-13/h5,7,10H,3-4,6H2,1-2H3/b9-5+/t7-,10-/m1/s1. The van der Waals surface area contributed by atoms with Crippen molar-refractivity contribution < 1.29 is 22.7 Å². The summed E-state index contributed by atoms with van der Waals surface area (Å²) in [5.41, 5.74) is -0.521. The summed E-state index contributed by atoms with van der Waals surface area (Å²) in [5, 5.41) is -1.18. The fraction of sp³-hybridized carbons (Fsp3) is 0.750. The molecule has 0 saturated heterocycles. The van der Waals surface area contributed by atoms with Crippen molar-refractivity contribution >= 4 is 29.0 Å². The van der Waals surface area contributed by atoms with Crippen LogP contribution in [0.2, 0.25) is 0 Å². The molecule has 0 N–H and O–H groups in total. The highest BCUT2D eigenvalue weighted by atomic mass is 35.5. The highest BCUT2D eigenvalue weighted by molar-refractivity contribution is 6.30. The van der Waals surface area contributed by atoms with Gasteiger partial charge in [-0.3, -0.25) is 4.79 Å². The van der Waals surface area contributed by atoms with Crippen LogP contribution in [0.25, 0.3) is 0 Å². The number of Topliss-reactive ketones (excluding diaryl/α,β-unsaturated/α-hetero) is 1. The van der Waals surface area contributed by atoms with Crippen LogP contribution in [-0.4, -0.2) is 31.1 Å². The first-order valence-corrected chi connectivity index (χ1v) is 6.64. The average molecular weight is 319 g/mol. The first-order valence-electron chi connectivity index (χ1n) is 5.73. The van der Waals surface area contributed by atoms with Crippen LogP contribution in [0, 0.1) is 17.3 Å². The smallest absolute Gasteiger partial charge is 0.372 e. The number of ketones is 1. The summed E-state index contributed by atoms with van der Waals surface area (Å²) in [6, 6.07) is 0. The number of rotatable bonds is 6. The molecule has 0 aliphatic heterocycles. The van der Waals surface area contributed by atoms with Gasteiger partial charge in [0.1, 0.15) is 11.6 Å². The Morgan fingerprint density at radius 3 is 2.47 bits per heavy atom. The maximum absolute atomic E-state index is 12.3. The number of halogens is 5. The number of ether oxygens (including phenoxy) is 1. The van der Waals surface area contributed by atoms with Crippen molar-refractivity contribution in [2.24, 2.45) is 17.3 Å². The Kier molecular flexibility index (Phi) is 5.32. The number of hydrogen-bond acceptors (Lipinski definition) is 2. The van der Waals surface area contributed by atoms with Crippen LogP contribution < -0.4 is 0 Å². The van der Waals surface area contributed by atoms with Gasteiger partial charge in [-0.1, -0.05) is 31.5 Å². The number of allylic oxidation sites excluding steroid dienone is 2. The van der Waals surface area contributed by atoms with Gasteiger partial charge >= 0.3 is 6.18 Å². The molecule has 0 radical (unpaired) electrons. The summed E-state index contributed by atoms with van der Waals surface area (Å²) in [4.78, 5) is 11.8. The van der Waals surface area contributed by atoms with Crippen molar-refractivity contribution in [1.82, 2.24) is 0 Å². The molecule has 1 aliphatic rings. The molecule has 0 aromatic heterocycles. The molecule has 110 valence electrons. The SMILES string of the molecule is CC1(C)[C@H](/C=C(/Cl)C(F)(F)F)[C@@H]1C(=O)COCCCl. The van der Waals surface area contributed by atoms with Gasteiger partial charge in [0.25, 0.3) is 0 Å². The van der Waals surface area contributed by atoms with Gasteiger partial charge < -0.3 is 4.74 Å². The molecule has 2 nitrogen and oxygen atoms in total. The Morgan fingerprint density at radius 2 is 2.00 bits per heavy atom. The average Bonchev–Trinajstić information content (AvgIpc) is 2.79. The van der Waals surface area contributed by atoms with E-state index in [-0.39, 0.29) is 24.9 Å². The quantitative estimate of drug-likeness (QED) is 0.550. The van der Waals surface area contributed by atoms with Crippen LogP contribution in [0.4, 0.5) is 13.2 Å². The summed E-state index contributed by atoms with van der Waals surface area (Å²) in [6.45, 7) is 3.58. The topological polar surface area (TPSA) is 26.3 Å². The zero-order chi connectivity index (χ0) is 14.8. The van der Waals surface area contributed by atoms with E-state index in [1.54, 1.807) is 13.8 Å². The van der Waals surface area contributed by atoms with Gasteiger partial charge in [0.2, 0.25) is 0 Å². The normalized spacial score (nSPS) is 26.4. The van der Waals surface area contributed by atoms with Crippen molar-refractivity contribution in [2.75, 3.05) is 19.1 Å². The lowest BCUT2D eigenvalue weighted by molar-refractivity contribution is -0.125. The molecule has 0 spiro atoms. The number of carbonyl (C=O) groups is 1. The summed E-state index contributed by atoms with van der Waals surface area (Å²) in [5.74, 6) is -0.944. The van der Waals surface area contributed by atoms with E-state index in [2.05, 4.69) is 0 Å². The zero-order valence-corrected chi connectivity index (χ0v) is 12.1. The molecule has 19 heavy (non-hydrogen) atoms. The van der Waals surface area contributed by atoms with E-state index >= 15 is 0 Å². The molecule has 7 heteroatoms. The van der Waals surface area contributed by atoms with Gasteiger partial charge in [0.15, 0.2) is 5.78 Å². The highest BCUT2D eigenvalue weighted by Gasteiger charge is 2.60. The van der Waals surface area contributed by atoms with Crippen molar-refractivity contribution in [3.05, 3.63) is 11.1 Å². The number of carbonyl (C=O) groups excluding carboxylic acids is 1. The predicted octanol–water partition coefficient (Wildman–Crippen LogP) is 3.77. The van der Waals surface area contributed by atoms with Gasteiger partial charge in [-0.25, -0.2) is 0 Å². The Hall–Kier alpha value is -0.260. The van der Waals surface area contributed by atoms with E-state index in [4.69, 9.17) is 27.9 Å². The van der Waals surface area contributed by atoms with Crippen molar-refractivity contribution in [3.8, 4) is 0 Å². The number of alkyl halides is 4. The molecule has 1 fully saturated rings. The Labute approximate surface area is 119 Å². The molecule has 0 unspecified atom stereocenters. The first kappa shape index (κ1) is 16.8. The minimum absolute atomic E-state index is 0.130. The summed E-state index contributed by atoms with van der Waals surface area (Å²) in [6.07, 6.45) is -3.64. The molecule has 1 rings (SSSR count). The van der Waals surface area contributed by atoms with Crippen LogP contribution in [0.15, 0.2) is 11.1 Å². The van der Waals surface area contributed by atoms with Gasteiger partial charge in [0.05, 0.1) is 6.61 Å². The van der Waals surface area contributed by atoms with Crippen LogP contribution in [0.1, 0.15) is 13.8 Å². The van der Waals surface area contributed by atoms with Crippen molar-refractivity contribution in [2.45, 2.75) is 20.0 Å². The van der Waals surface area contributed by atoms with Crippen molar-refractivity contribution in [3.63, 3.8) is 0 Å². The third-order valence-corrected chi connectivity index (χ3v) is 3.81. The van der Waals surface area contributed by atoms with Crippen LogP contribution >= 0.6 is 23.2 Å². The largest absolute Gasteiger partial charge is 0.426 e. The lowest BCUT2D eigenvalue weighted by Crippen LogP contribution is -2.15. The molecular formula is C12H15Cl2F3O2. The Morgan fingerprint density at radius 1 is 1.42 bits per heavy atom. The van der Waals surface area contributed by atoms with E-state index in [1.165, 1.54) is 0 Å². The van der Waals surface area contributed by atoms with E-state index in [0.717, 1.165) is 6.08 Å². The molecule has 0 aromatic rings. The molecule has 0 aromatic carbocycles. The van der Waals surface area contributed by atoms with Crippen LogP contribution in [-0.2, 0) is 9.53 Å². The number of hydrogen-bond donors (Lipinski definition) is 0. The summed E-state index contributed by atoms with van der Waals surface area (Å²) in [7, 11) is 0. The predicted molar refractivity (Wildman–Crippen MR) is 67.3 cm³/mol. The van der Waals surface area contributed by atoms with E-state index < -0.39 is 28.5 Å². The van der Waals surface area contributed by atoms with Crippen LogP contribution in [0.3, 0.4) is 0 Å². The molecule has 1 aliphatic carbocycles. The molecule has 1 saturated carbocycles. The molecule has 0 heterocycles. The Bertz CT molecular complexity index is 378. The molecular weight excluding hydrogens is 304 g/mol. The second-order valence-electron chi connectivity index (χ2n) is 5.05. The molecule has 0 amide bonds. The Balaban J connectivity index is 2.65. The van der Waals surface area contributed by atoms with E-state index in [1.807, 2.05) is 0 Å². The lowest BCUT2D eigenvalue weighted by Gasteiger charge is -2.04. The third-order valence-electron chi connectivity index (χ3n) is 3.32. The van der Waals surface area contributed by atoms with E-state index in [9.17, 15) is 18.0 Å². The van der Waals surface area contributed by atoms with Gasteiger partial charge in [-0.05, 0) is 11.3 Å². The molecule has 0 bridgehead atoms. The minimum Gasteiger partial charge on any atom is -0.372 e.